The largest absolute Gasteiger partial charge is 0.389 e. The van der Waals surface area contributed by atoms with Crippen molar-refractivity contribution >= 4 is 22.9 Å². The van der Waals surface area contributed by atoms with Crippen molar-refractivity contribution in [1.82, 2.24) is 0 Å². The standard InChI is InChI=1S/C14H19FN2S/c1-9-3-2-4-11(9)8-17-13-6-5-10(14(16)18)7-12(13)15/h5-7,9,11,17H,2-4,8H2,1H3,(H2,16,18). The van der Waals surface area contributed by atoms with E-state index in [2.05, 4.69) is 12.2 Å². The number of hydrogen-bond donors (Lipinski definition) is 2. The molecule has 98 valence electrons. The monoisotopic (exact) mass is 266 g/mol. The molecule has 1 aromatic carbocycles. The molecule has 2 rings (SSSR count). The maximum absolute atomic E-state index is 13.8. The Labute approximate surface area is 113 Å². The highest BCUT2D eigenvalue weighted by Crippen LogP contribution is 2.31. The smallest absolute Gasteiger partial charge is 0.146 e. The summed E-state index contributed by atoms with van der Waals surface area (Å²) in [6.07, 6.45) is 3.81. The normalized spacial score (nSPS) is 23.0. The average molecular weight is 266 g/mol. The van der Waals surface area contributed by atoms with Crippen LogP contribution in [0.2, 0.25) is 0 Å². The first-order valence-corrected chi connectivity index (χ1v) is 6.82. The predicted molar refractivity (Wildman–Crippen MR) is 77.3 cm³/mol. The van der Waals surface area contributed by atoms with Gasteiger partial charge in [0, 0.05) is 12.1 Å². The molecule has 2 unspecified atom stereocenters. The van der Waals surface area contributed by atoms with Gasteiger partial charge in [-0.05, 0) is 36.5 Å². The highest BCUT2D eigenvalue weighted by molar-refractivity contribution is 7.80. The molecule has 4 heteroatoms. The lowest BCUT2D eigenvalue weighted by molar-refractivity contribution is 0.439. The molecule has 0 bridgehead atoms. The summed E-state index contributed by atoms with van der Waals surface area (Å²) in [5.41, 5.74) is 6.58. The van der Waals surface area contributed by atoms with Gasteiger partial charge in [-0.15, -0.1) is 0 Å². The van der Waals surface area contributed by atoms with Crippen molar-refractivity contribution in [3.63, 3.8) is 0 Å². The summed E-state index contributed by atoms with van der Waals surface area (Å²) in [5, 5.41) is 3.19. The molecule has 0 spiro atoms. The predicted octanol–water partition coefficient (Wildman–Crippen LogP) is 3.31. The lowest BCUT2D eigenvalue weighted by Crippen LogP contribution is -2.17. The quantitative estimate of drug-likeness (QED) is 0.821. The fraction of sp³-hybridized carbons (Fsp3) is 0.500. The number of halogens is 1. The molecule has 0 amide bonds. The second kappa shape index (κ2) is 5.65. The Morgan fingerprint density at radius 3 is 2.83 bits per heavy atom. The maximum atomic E-state index is 13.8. The van der Waals surface area contributed by atoms with Gasteiger partial charge in [-0.1, -0.05) is 32.0 Å². The van der Waals surface area contributed by atoms with Crippen LogP contribution in [0.4, 0.5) is 10.1 Å². The van der Waals surface area contributed by atoms with Gasteiger partial charge < -0.3 is 11.1 Å². The van der Waals surface area contributed by atoms with Crippen LogP contribution in [0.1, 0.15) is 31.7 Å². The minimum Gasteiger partial charge on any atom is -0.389 e. The molecule has 1 aliphatic rings. The molecule has 0 aromatic heterocycles. The Morgan fingerprint density at radius 2 is 2.28 bits per heavy atom. The van der Waals surface area contributed by atoms with Gasteiger partial charge in [0.25, 0.3) is 0 Å². The molecule has 1 fully saturated rings. The molecule has 0 aliphatic heterocycles. The van der Waals surface area contributed by atoms with E-state index in [4.69, 9.17) is 18.0 Å². The van der Waals surface area contributed by atoms with Gasteiger partial charge >= 0.3 is 0 Å². The van der Waals surface area contributed by atoms with E-state index in [0.717, 1.165) is 12.5 Å². The first-order valence-electron chi connectivity index (χ1n) is 6.41. The molecule has 0 heterocycles. The van der Waals surface area contributed by atoms with E-state index < -0.39 is 0 Å². The molecule has 3 N–H and O–H groups in total. The second-order valence-corrected chi connectivity index (χ2v) is 5.55. The summed E-state index contributed by atoms with van der Waals surface area (Å²) < 4.78 is 13.8. The third kappa shape index (κ3) is 2.99. The molecule has 0 radical (unpaired) electrons. The van der Waals surface area contributed by atoms with Crippen LogP contribution in [-0.2, 0) is 0 Å². The zero-order chi connectivity index (χ0) is 13.1. The van der Waals surface area contributed by atoms with E-state index >= 15 is 0 Å². The second-order valence-electron chi connectivity index (χ2n) is 5.11. The van der Waals surface area contributed by atoms with Crippen molar-refractivity contribution in [2.45, 2.75) is 26.2 Å². The van der Waals surface area contributed by atoms with Gasteiger partial charge in [0.1, 0.15) is 10.8 Å². The Bertz CT molecular complexity index is 447. The lowest BCUT2D eigenvalue weighted by Gasteiger charge is -2.17. The van der Waals surface area contributed by atoms with Crippen molar-refractivity contribution in [2.24, 2.45) is 17.6 Å². The van der Waals surface area contributed by atoms with Crippen molar-refractivity contribution in [3.8, 4) is 0 Å². The first-order chi connectivity index (χ1) is 8.58. The molecule has 1 aromatic rings. The number of thiocarbonyl (C=S) groups is 1. The van der Waals surface area contributed by atoms with Crippen LogP contribution < -0.4 is 11.1 Å². The fourth-order valence-electron chi connectivity index (χ4n) is 2.58. The van der Waals surface area contributed by atoms with E-state index in [1.165, 1.54) is 25.3 Å². The molecule has 2 atom stereocenters. The molecular formula is C14H19FN2S. The van der Waals surface area contributed by atoms with Crippen molar-refractivity contribution in [3.05, 3.63) is 29.6 Å². The Balaban J connectivity index is 1.99. The Kier molecular flexibility index (Phi) is 4.17. The molecule has 1 aliphatic carbocycles. The highest BCUT2D eigenvalue weighted by Gasteiger charge is 2.23. The third-order valence-electron chi connectivity index (χ3n) is 3.85. The van der Waals surface area contributed by atoms with E-state index in [1.54, 1.807) is 12.1 Å². The van der Waals surface area contributed by atoms with Crippen molar-refractivity contribution in [2.75, 3.05) is 11.9 Å². The van der Waals surface area contributed by atoms with Gasteiger partial charge in [0.05, 0.1) is 5.69 Å². The number of rotatable bonds is 4. The molecule has 18 heavy (non-hydrogen) atoms. The van der Waals surface area contributed by atoms with Gasteiger partial charge in [0.15, 0.2) is 0 Å². The van der Waals surface area contributed by atoms with E-state index in [9.17, 15) is 4.39 Å². The SMILES string of the molecule is CC1CCCC1CNc1ccc(C(N)=S)cc1F. The van der Waals surface area contributed by atoms with Gasteiger partial charge in [-0.2, -0.15) is 0 Å². The van der Waals surface area contributed by atoms with Crippen LogP contribution in [0.3, 0.4) is 0 Å². The van der Waals surface area contributed by atoms with Crippen LogP contribution in [0.15, 0.2) is 18.2 Å². The number of nitrogens with one attached hydrogen (secondary N) is 1. The summed E-state index contributed by atoms with van der Waals surface area (Å²) in [5.74, 6) is 1.10. The minimum atomic E-state index is -0.286. The summed E-state index contributed by atoms with van der Waals surface area (Å²) in [4.78, 5) is 0.227. The third-order valence-corrected chi connectivity index (χ3v) is 4.08. The van der Waals surface area contributed by atoms with Crippen molar-refractivity contribution < 1.29 is 4.39 Å². The summed E-state index contributed by atoms with van der Waals surface area (Å²) >= 11 is 4.82. The summed E-state index contributed by atoms with van der Waals surface area (Å²) in [6.45, 7) is 3.11. The Hall–Kier alpha value is -1.16. The maximum Gasteiger partial charge on any atom is 0.146 e. The molecule has 2 nitrogen and oxygen atoms in total. The summed E-state index contributed by atoms with van der Waals surface area (Å²) in [6, 6.07) is 4.86. The van der Waals surface area contributed by atoms with E-state index in [0.29, 0.717) is 17.2 Å². The fourth-order valence-corrected chi connectivity index (χ4v) is 2.71. The highest BCUT2D eigenvalue weighted by atomic mass is 32.1. The zero-order valence-corrected chi connectivity index (χ0v) is 11.4. The van der Waals surface area contributed by atoms with E-state index in [-0.39, 0.29) is 10.8 Å². The molecule has 1 saturated carbocycles. The van der Waals surface area contributed by atoms with Crippen LogP contribution in [0, 0.1) is 17.7 Å². The summed E-state index contributed by atoms with van der Waals surface area (Å²) in [7, 11) is 0. The number of hydrogen-bond acceptors (Lipinski definition) is 2. The molecular weight excluding hydrogens is 247 g/mol. The zero-order valence-electron chi connectivity index (χ0n) is 10.6. The topological polar surface area (TPSA) is 38.0 Å². The molecule has 0 saturated heterocycles. The Morgan fingerprint density at radius 1 is 1.50 bits per heavy atom. The van der Waals surface area contributed by atoms with Crippen LogP contribution in [0.25, 0.3) is 0 Å². The van der Waals surface area contributed by atoms with Crippen LogP contribution in [0.5, 0.6) is 0 Å². The van der Waals surface area contributed by atoms with E-state index in [1.807, 2.05) is 0 Å². The first kappa shape index (κ1) is 13.3. The van der Waals surface area contributed by atoms with Gasteiger partial charge in [-0.3, -0.25) is 0 Å². The van der Waals surface area contributed by atoms with Gasteiger partial charge in [-0.25, -0.2) is 4.39 Å². The lowest BCUT2D eigenvalue weighted by atomic mass is 9.98. The average Bonchev–Trinajstić information content (AvgIpc) is 2.73. The van der Waals surface area contributed by atoms with Gasteiger partial charge in [0.2, 0.25) is 0 Å². The minimum absolute atomic E-state index is 0.227. The van der Waals surface area contributed by atoms with Crippen LogP contribution in [-0.4, -0.2) is 11.5 Å². The van der Waals surface area contributed by atoms with Crippen molar-refractivity contribution in [1.29, 1.82) is 0 Å². The number of nitrogens with two attached hydrogens (primary N) is 1. The number of anilines is 1. The van der Waals surface area contributed by atoms with Crippen LogP contribution >= 0.6 is 12.2 Å². The number of benzene rings is 1.